The number of nitrogens with zero attached hydrogens (tertiary/aromatic N) is 8. The fourth-order valence-electron chi connectivity index (χ4n) is 9.14. The molecule has 3 aliphatic rings. The quantitative estimate of drug-likeness (QED) is 0.0153. The average molecular weight is 1220 g/mol. The summed E-state index contributed by atoms with van der Waals surface area (Å²) in [6.45, 7) is 5.74. The van der Waals surface area contributed by atoms with Gasteiger partial charge in [-0.05, 0) is 77.2 Å². The Morgan fingerprint density at radius 2 is 1.71 bits per heavy atom. The van der Waals surface area contributed by atoms with Gasteiger partial charge in [0.2, 0.25) is 30.4 Å². The molecule has 8 rings (SSSR count). The fourth-order valence-corrected chi connectivity index (χ4v) is 9.24. The van der Waals surface area contributed by atoms with Gasteiger partial charge in [0.05, 0.1) is 41.8 Å². The Hall–Kier alpha value is -6.30. The fraction of sp³-hybridized carbons (Fsp3) is 0.481. The van der Waals surface area contributed by atoms with E-state index in [-0.39, 0.29) is 113 Å². The van der Waals surface area contributed by atoms with Gasteiger partial charge >= 0.3 is 5.97 Å². The Morgan fingerprint density at radius 3 is 2.45 bits per heavy atom. The third-order valence-corrected chi connectivity index (χ3v) is 13.6. The van der Waals surface area contributed by atoms with Gasteiger partial charge in [-0.3, -0.25) is 38.6 Å². The number of carbonyl (C=O) groups is 5. The third-order valence-electron chi connectivity index (χ3n) is 13.4. The van der Waals surface area contributed by atoms with Crippen molar-refractivity contribution in [2.75, 3.05) is 47.3 Å². The molecule has 0 fully saturated rings. The van der Waals surface area contributed by atoms with E-state index in [9.17, 15) is 33.9 Å². The number of esters is 1. The van der Waals surface area contributed by atoms with E-state index in [0.717, 1.165) is 25.8 Å². The number of rotatable bonds is 23. The zero-order chi connectivity index (χ0) is 54.1. The predicted molar refractivity (Wildman–Crippen MR) is 276 cm³/mol. The van der Waals surface area contributed by atoms with Gasteiger partial charge in [-0.15, -0.1) is 5.10 Å². The van der Waals surface area contributed by atoms with Crippen LogP contribution >= 0.6 is 0 Å². The molecule has 3 aliphatic heterocycles. The van der Waals surface area contributed by atoms with Crippen LogP contribution in [0.1, 0.15) is 94.4 Å². The zero-order valence-corrected chi connectivity index (χ0v) is 46.3. The van der Waals surface area contributed by atoms with E-state index < -0.39 is 53.5 Å². The van der Waals surface area contributed by atoms with Crippen LogP contribution < -0.4 is 36.3 Å². The molecular formula is C52H61N12O11STb-. The van der Waals surface area contributed by atoms with Gasteiger partial charge in [0.25, 0.3) is 5.56 Å². The van der Waals surface area contributed by atoms with E-state index in [2.05, 4.69) is 53.4 Å². The number of nitrogens with one attached hydrogen (secondary N) is 4. The summed E-state index contributed by atoms with van der Waals surface area (Å²) in [6, 6.07) is 3.25. The maximum Gasteiger partial charge on any atom is 0.343 e. The number of hydrogen-bond donors (Lipinski definition) is 5. The topological polar surface area (TPSA) is 285 Å². The number of amides is 4. The van der Waals surface area contributed by atoms with Crippen molar-refractivity contribution < 1.29 is 86.6 Å². The number of aryl methyl sites for hydroxylation is 1. The van der Waals surface area contributed by atoms with Crippen LogP contribution in [0.15, 0.2) is 46.7 Å². The van der Waals surface area contributed by atoms with Crippen molar-refractivity contribution in [2.24, 2.45) is 5.92 Å². The number of aromatic nitrogens is 7. The molecule has 7 heterocycles. The zero-order valence-electron chi connectivity index (χ0n) is 43.4. The van der Waals surface area contributed by atoms with Crippen LogP contribution in [0, 0.1) is 56.4 Å². The largest absolute Gasteiger partial charge is 0.740 e. The minimum absolute atomic E-state index is 0. The van der Waals surface area contributed by atoms with Gasteiger partial charge < -0.3 is 67.4 Å². The predicted octanol–water partition coefficient (Wildman–Crippen LogP) is 1.94. The second-order valence-corrected chi connectivity index (χ2v) is 19.7. The van der Waals surface area contributed by atoms with Crippen molar-refractivity contribution in [3.05, 3.63) is 69.4 Å². The van der Waals surface area contributed by atoms with Crippen molar-refractivity contribution in [3.8, 4) is 46.0 Å². The smallest absolute Gasteiger partial charge is 0.343 e. The second kappa shape index (κ2) is 26.4. The van der Waals surface area contributed by atoms with Gasteiger partial charge in [0, 0.05) is 103 Å². The number of hydrogen-bond acceptors (Lipinski definition) is 18. The van der Waals surface area contributed by atoms with Crippen molar-refractivity contribution in [2.45, 2.75) is 115 Å². The van der Waals surface area contributed by atoms with Gasteiger partial charge in [0.15, 0.2) is 17.1 Å². The van der Waals surface area contributed by atoms with E-state index in [1.54, 1.807) is 48.4 Å². The number of ether oxygens (including phenoxy) is 4. The normalized spacial score (nSPS) is 15.6. The number of pyridine rings is 2. The molecule has 3 atom stereocenters. The van der Waals surface area contributed by atoms with E-state index >= 15 is 0 Å². The van der Waals surface area contributed by atoms with Crippen LogP contribution in [-0.4, -0.2) is 134 Å². The Kier molecular flexibility index (Phi) is 20.0. The summed E-state index contributed by atoms with van der Waals surface area (Å²) in [4.78, 5) is 94.9. The second-order valence-electron chi connectivity index (χ2n) is 19.3. The van der Waals surface area contributed by atoms with Gasteiger partial charge in [-0.2, -0.15) is 0 Å². The minimum atomic E-state index is -1.99. The van der Waals surface area contributed by atoms with Crippen molar-refractivity contribution in [3.63, 3.8) is 0 Å². The molecule has 0 saturated heterocycles. The van der Waals surface area contributed by atoms with E-state index in [4.69, 9.17) is 36.6 Å². The standard InChI is InChI=1S/C52H62N12O11S.Tb/c1-6-52(71)36-20-40-46-34(25-64(40)49(69)35(36)27-73-50(52)70)32(33-19-41-42(75-29-74-41)21-38(33)57-46)13-12-18-72-28-56-44(66)24-53-47(67)37(14-9-11-16-62(4)5)58-48(68)45(30(2)3)59-43(65)15-8-7-10-17-63-26-39(60-61-63)31-22-54-51(76)55-23-31;/h19-23,26,30,37,45,71H,6-11,14-18,24-25,27-29H2,1-5H3,(H,53,67)(H,56,66)(H,58,68)(H,59,65)(H,54,55,76);/p-1/t37-,45-,52-;/m0./s1. The maximum absolute atomic E-state index is 13.9. The monoisotopic (exact) mass is 1220 g/mol. The molecule has 0 aliphatic carbocycles. The number of unbranched alkanes of at least 4 members (excludes halogenated alkanes) is 3. The molecule has 0 spiro atoms. The van der Waals surface area contributed by atoms with Gasteiger partial charge in [-0.1, -0.05) is 44.2 Å². The number of benzene rings is 1. The summed E-state index contributed by atoms with van der Waals surface area (Å²) in [6.07, 6.45) is 8.94. The average Bonchev–Trinajstić information content (AvgIpc) is 4.24. The Bertz CT molecular complexity index is 3140. The molecule has 0 saturated carbocycles. The molecule has 411 valence electrons. The molecular weight excluding hydrogens is 1160 g/mol. The molecule has 5 aromatic rings. The Labute approximate surface area is 480 Å². The SMILES string of the molecule is CC[C@@]1(O)C(=O)OCc2c1cc1n(c2=O)Cc2c-1nc1cc3c(cc1c2C#CCOCNC(=O)CNC(=O)[C@H](CCCCN(C)C)NC(=O)[C@@H](NC(=O)CCCCCn1cc(-c2cnc([S-])nc2)nn1)C(C)C)OCO3.[Tb]. The van der Waals surface area contributed by atoms with Crippen LogP contribution in [0.2, 0.25) is 0 Å². The first-order valence-electron chi connectivity index (χ1n) is 25.2. The van der Waals surface area contributed by atoms with E-state index in [1.807, 2.05) is 32.8 Å². The summed E-state index contributed by atoms with van der Waals surface area (Å²) in [7, 11) is 3.89. The van der Waals surface area contributed by atoms with Crippen LogP contribution in [-0.2, 0) is 71.4 Å². The van der Waals surface area contributed by atoms with Gasteiger partial charge in [-0.25, -0.2) is 9.78 Å². The van der Waals surface area contributed by atoms with Gasteiger partial charge in [0.1, 0.15) is 37.7 Å². The number of cyclic esters (lactones) is 1. The molecule has 5 N–H and O–H groups in total. The molecule has 1 radical (unpaired) electrons. The third kappa shape index (κ3) is 13.9. The first-order valence-corrected chi connectivity index (χ1v) is 25.6. The van der Waals surface area contributed by atoms with E-state index in [0.29, 0.717) is 82.0 Å². The molecule has 4 amide bonds. The van der Waals surface area contributed by atoms with Crippen LogP contribution in [0.5, 0.6) is 11.5 Å². The summed E-state index contributed by atoms with van der Waals surface area (Å²) in [5.41, 5.74) is 1.88. The van der Waals surface area contributed by atoms with Crippen molar-refractivity contribution in [1.82, 2.24) is 60.7 Å². The molecule has 4 aromatic heterocycles. The van der Waals surface area contributed by atoms with Crippen LogP contribution in [0.4, 0.5) is 0 Å². The molecule has 25 heteroatoms. The molecule has 0 unspecified atom stereocenters. The Morgan fingerprint density at radius 1 is 0.948 bits per heavy atom. The van der Waals surface area contributed by atoms with Crippen LogP contribution in [0.3, 0.4) is 0 Å². The van der Waals surface area contributed by atoms with E-state index in [1.165, 1.54) is 4.57 Å². The Balaban J connectivity index is 0.00000861. The number of carbonyl (C=O) groups excluding carboxylic acids is 5. The minimum Gasteiger partial charge on any atom is -0.740 e. The van der Waals surface area contributed by atoms with Crippen LogP contribution in [0.25, 0.3) is 33.5 Å². The first-order chi connectivity index (χ1) is 36.5. The number of fused-ring (bicyclic) bond motifs is 6. The summed E-state index contributed by atoms with van der Waals surface area (Å²) in [5.74, 6) is 4.16. The summed E-state index contributed by atoms with van der Waals surface area (Å²) >= 11 is 4.95. The summed E-state index contributed by atoms with van der Waals surface area (Å²) in [5, 5.41) is 31.5. The molecule has 77 heavy (non-hydrogen) atoms. The van der Waals surface area contributed by atoms with Crippen molar-refractivity contribution >= 4 is 53.1 Å². The maximum atomic E-state index is 13.9. The summed E-state index contributed by atoms with van der Waals surface area (Å²) < 4.78 is 25.4. The molecule has 23 nitrogen and oxygen atoms in total. The number of aliphatic hydroxyl groups is 1. The van der Waals surface area contributed by atoms with Crippen molar-refractivity contribution in [1.29, 1.82) is 0 Å². The first kappa shape index (κ1) is 58.4. The molecule has 0 bridgehead atoms. The molecule has 1 aromatic carbocycles.